The van der Waals surface area contributed by atoms with E-state index in [0.717, 1.165) is 0 Å². The average Bonchev–Trinajstić information content (AvgIpc) is 2.35. The van der Waals surface area contributed by atoms with Crippen molar-refractivity contribution < 1.29 is 28.3 Å². The highest BCUT2D eigenvalue weighted by atomic mass is 32.1. The van der Waals surface area contributed by atoms with Crippen LogP contribution in [0, 0.1) is 11.3 Å². The summed E-state index contributed by atoms with van der Waals surface area (Å²) in [6.45, 7) is 8.06. The Labute approximate surface area is 127 Å². The van der Waals surface area contributed by atoms with Crippen molar-refractivity contribution in [3.8, 4) is 0 Å². The third-order valence-corrected chi connectivity index (χ3v) is 7.07. The number of hydrogen-bond donors (Lipinski definition) is 4. The monoisotopic (exact) mass is 341 g/mol. The van der Waals surface area contributed by atoms with Crippen LogP contribution in [0.5, 0.6) is 0 Å². The normalized spacial score (nSPS) is 20.0. The van der Waals surface area contributed by atoms with E-state index in [-0.39, 0.29) is 18.6 Å². The third-order valence-electron chi connectivity index (χ3n) is 3.63. The smallest absolute Gasteiger partial charge is 0.316 e. The first-order valence-electron chi connectivity index (χ1n) is 6.88. The highest BCUT2D eigenvalue weighted by molar-refractivity contribution is 8.26. The van der Waals surface area contributed by atoms with E-state index in [1.165, 1.54) is 0 Å². The standard InChI is InChI=1S/C11H26BNO6P2/c1-5-11(4,10(9(2)3)13-7-6-12)8-19-21(17,18)20(14,15)16/h9-10,13H,5-8H2,1-4H3,(H,17,18)(H2,14,15,16)/t10-,11?/m1/s1. The average molecular weight is 341 g/mol. The van der Waals surface area contributed by atoms with Gasteiger partial charge in [-0.25, -0.2) is 9.13 Å². The van der Waals surface area contributed by atoms with Gasteiger partial charge < -0.3 is 20.0 Å². The van der Waals surface area contributed by atoms with Gasteiger partial charge in [-0.2, -0.15) is 0 Å². The van der Waals surface area contributed by atoms with Gasteiger partial charge in [0.25, 0.3) is 0 Å². The summed E-state index contributed by atoms with van der Waals surface area (Å²) in [4.78, 5) is 27.0. The van der Waals surface area contributed by atoms with Crippen LogP contribution in [-0.4, -0.2) is 41.7 Å². The lowest BCUT2D eigenvalue weighted by Crippen LogP contribution is -2.49. The van der Waals surface area contributed by atoms with Gasteiger partial charge >= 0.3 is 14.6 Å². The van der Waals surface area contributed by atoms with Crippen LogP contribution >= 0.6 is 14.6 Å². The molecule has 0 aliphatic rings. The van der Waals surface area contributed by atoms with Crippen molar-refractivity contribution in [2.45, 2.75) is 46.5 Å². The lowest BCUT2D eigenvalue weighted by Gasteiger charge is -2.40. The molecule has 4 N–H and O–H groups in total. The van der Waals surface area contributed by atoms with Crippen LogP contribution in [0.3, 0.4) is 0 Å². The van der Waals surface area contributed by atoms with Crippen LogP contribution in [0.1, 0.15) is 34.1 Å². The van der Waals surface area contributed by atoms with Gasteiger partial charge in [-0.05, 0) is 18.9 Å². The first-order chi connectivity index (χ1) is 9.41. The summed E-state index contributed by atoms with van der Waals surface area (Å²) in [5, 5.41) is 3.26. The minimum atomic E-state index is -5.19. The Balaban J connectivity index is 5.09. The molecule has 124 valence electrons. The molecule has 0 aliphatic carbocycles. The Hall–Kier alpha value is 0.325. The molecule has 0 saturated carbocycles. The third kappa shape index (κ3) is 6.15. The van der Waals surface area contributed by atoms with Crippen LogP contribution in [0.2, 0.25) is 6.32 Å². The van der Waals surface area contributed by atoms with Crippen molar-refractivity contribution >= 4 is 22.4 Å². The lowest BCUT2D eigenvalue weighted by atomic mass is 9.75. The minimum Gasteiger partial charge on any atom is -0.316 e. The molecule has 21 heavy (non-hydrogen) atoms. The number of rotatable bonds is 10. The summed E-state index contributed by atoms with van der Waals surface area (Å²) >= 11 is 0. The second kappa shape index (κ2) is 8.25. The van der Waals surface area contributed by atoms with Crippen LogP contribution in [0.25, 0.3) is 0 Å². The predicted octanol–water partition coefficient (Wildman–Crippen LogP) is 1.90. The van der Waals surface area contributed by atoms with Gasteiger partial charge in [-0.15, -0.1) is 0 Å². The molecular formula is C11H26BNO6P2. The summed E-state index contributed by atoms with van der Waals surface area (Å²) in [6.07, 6.45) is 1.05. The Morgan fingerprint density at radius 1 is 1.29 bits per heavy atom. The Morgan fingerprint density at radius 3 is 2.14 bits per heavy atom. The summed E-state index contributed by atoms with van der Waals surface area (Å²) in [5.41, 5.74) is -0.559. The zero-order chi connectivity index (χ0) is 16.9. The minimum absolute atomic E-state index is 0.0668. The van der Waals surface area contributed by atoms with Gasteiger partial charge in [0.1, 0.15) is 0 Å². The molecule has 10 heteroatoms. The van der Waals surface area contributed by atoms with Crippen molar-refractivity contribution in [3.63, 3.8) is 0 Å². The van der Waals surface area contributed by atoms with Crippen molar-refractivity contribution in [1.82, 2.24) is 5.32 Å². The second-order valence-electron chi connectivity index (χ2n) is 5.75. The summed E-state index contributed by atoms with van der Waals surface area (Å²) in [5.74, 6) is 0.193. The van der Waals surface area contributed by atoms with E-state index in [4.69, 9.17) is 22.2 Å². The second-order valence-corrected chi connectivity index (χ2v) is 11.1. The molecule has 2 radical (unpaired) electrons. The molecular weight excluding hydrogens is 315 g/mol. The molecule has 2 unspecified atom stereocenters. The highest BCUT2D eigenvalue weighted by Gasteiger charge is 2.45. The molecule has 0 aromatic heterocycles. The van der Waals surface area contributed by atoms with E-state index in [9.17, 15) is 14.0 Å². The van der Waals surface area contributed by atoms with Gasteiger partial charge in [0.2, 0.25) is 0 Å². The Bertz CT molecular complexity index is 416. The van der Waals surface area contributed by atoms with Gasteiger partial charge in [0.05, 0.1) is 14.5 Å². The molecule has 7 nitrogen and oxygen atoms in total. The largest absolute Gasteiger partial charge is 0.438 e. The molecule has 0 amide bonds. The van der Waals surface area contributed by atoms with Crippen LogP contribution < -0.4 is 5.32 Å². The predicted molar refractivity (Wildman–Crippen MR) is 83.4 cm³/mol. The van der Waals surface area contributed by atoms with Crippen molar-refractivity contribution in [2.24, 2.45) is 11.3 Å². The molecule has 0 bridgehead atoms. The molecule has 3 atom stereocenters. The maximum absolute atomic E-state index is 11.5. The summed E-state index contributed by atoms with van der Waals surface area (Å²) < 4.78 is 27.2. The van der Waals surface area contributed by atoms with Crippen LogP contribution in [0.15, 0.2) is 0 Å². The Kier molecular flexibility index (Phi) is 8.38. The Morgan fingerprint density at radius 2 is 1.81 bits per heavy atom. The van der Waals surface area contributed by atoms with Crippen LogP contribution in [0.4, 0.5) is 0 Å². The first-order valence-corrected chi connectivity index (χ1v) is 10.8. The van der Waals surface area contributed by atoms with Gasteiger partial charge in [-0.3, -0.25) is 4.52 Å². The molecule has 0 spiro atoms. The fraction of sp³-hybridized carbons (Fsp3) is 1.00. The summed E-state index contributed by atoms with van der Waals surface area (Å²) in [6, 6.07) is -0.0668. The van der Waals surface area contributed by atoms with Gasteiger partial charge in [0.15, 0.2) is 0 Å². The number of hydrogen-bond acceptors (Lipinski definition) is 4. The topological polar surface area (TPSA) is 116 Å². The van der Waals surface area contributed by atoms with E-state index in [1.54, 1.807) is 0 Å². The van der Waals surface area contributed by atoms with Gasteiger partial charge in [0, 0.05) is 11.5 Å². The molecule has 0 rings (SSSR count). The van der Waals surface area contributed by atoms with Crippen molar-refractivity contribution in [3.05, 3.63) is 0 Å². The lowest BCUT2D eigenvalue weighted by molar-refractivity contribution is 0.0816. The van der Waals surface area contributed by atoms with Crippen molar-refractivity contribution in [1.29, 1.82) is 0 Å². The number of nitrogens with one attached hydrogen (secondary N) is 1. The van der Waals surface area contributed by atoms with Crippen molar-refractivity contribution in [2.75, 3.05) is 13.2 Å². The zero-order valence-corrected chi connectivity index (χ0v) is 14.8. The highest BCUT2D eigenvalue weighted by Crippen LogP contribution is 2.75. The van der Waals surface area contributed by atoms with E-state index in [0.29, 0.717) is 19.3 Å². The molecule has 0 aromatic carbocycles. The van der Waals surface area contributed by atoms with E-state index < -0.39 is 20.0 Å². The molecule has 0 aromatic rings. The maximum Gasteiger partial charge on any atom is 0.438 e. The summed E-state index contributed by atoms with van der Waals surface area (Å²) in [7, 11) is -4.68. The molecule has 0 heterocycles. The van der Waals surface area contributed by atoms with E-state index in [1.807, 2.05) is 27.7 Å². The van der Waals surface area contributed by atoms with E-state index in [2.05, 4.69) is 5.32 Å². The zero-order valence-electron chi connectivity index (χ0n) is 13.0. The fourth-order valence-corrected chi connectivity index (χ4v) is 3.48. The fourth-order valence-electron chi connectivity index (χ4n) is 2.24. The molecule has 0 saturated heterocycles. The van der Waals surface area contributed by atoms with Gasteiger partial charge in [-0.1, -0.05) is 34.0 Å². The van der Waals surface area contributed by atoms with E-state index >= 15 is 0 Å². The molecule has 0 fully saturated rings. The maximum atomic E-state index is 11.5. The quantitative estimate of drug-likeness (QED) is 0.354. The van der Waals surface area contributed by atoms with Crippen LogP contribution in [-0.2, 0) is 13.7 Å². The molecule has 0 aliphatic heterocycles. The first kappa shape index (κ1) is 21.3. The SMILES string of the molecule is [B]CCN[C@H](C(C)C)C(C)(CC)COP(=O)(O)P(=O)(O)O.